The third-order valence-corrected chi connectivity index (χ3v) is 5.65. The molecule has 1 heterocycles. The van der Waals surface area contributed by atoms with Crippen LogP contribution < -0.4 is 5.32 Å². The van der Waals surface area contributed by atoms with E-state index in [-0.39, 0.29) is 10.8 Å². The van der Waals surface area contributed by atoms with Crippen LogP contribution in [0.25, 0.3) is 0 Å². The van der Waals surface area contributed by atoms with E-state index in [0.717, 1.165) is 11.6 Å². The van der Waals surface area contributed by atoms with Crippen molar-refractivity contribution in [2.45, 2.75) is 12.7 Å². The predicted octanol–water partition coefficient (Wildman–Crippen LogP) is 5.53. The average molecular weight is 448 g/mol. The van der Waals surface area contributed by atoms with Crippen molar-refractivity contribution in [3.63, 3.8) is 0 Å². The molecule has 2 aromatic rings. The van der Waals surface area contributed by atoms with Crippen LogP contribution in [-0.4, -0.2) is 41.1 Å². The highest BCUT2D eigenvalue weighted by Gasteiger charge is 2.33. The number of piperazine rings is 1. The highest BCUT2D eigenvalue weighted by Crippen LogP contribution is 2.34. The van der Waals surface area contributed by atoms with Crippen molar-refractivity contribution in [1.29, 1.82) is 0 Å². The topological polar surface area (TPSA) is 18.5 Å². The van der Waals surface area contributed by atoms with Crippen LogP contribution in [0.4, 0.5) is 18.9 Å². The van der Waals surface area contributed by atoms with E-state index < -0.39 is 11.7 Å². The molecule has 0 amide bonds. The maximum Gasteiger partial charge on any atom is 0.418 e. The lowest BCUT2D eigenvalue weighted by Gasteiger charge is -2.36. The lowest BCUT2D eigenvalue weighted by atomic mass is 10.1. The minimum Gasteiger partial charge on any atom is -0.346 e. The zero-order valence-electron chi connectivity index (χ0n) is 14.8. The Labute approximate surface area is 177 Å². The number of rotatable bonds is 3. The number of nitrogens with one attached hydrogen (secondary N) is 1. The van der Waals surface area contributed by atoms with Gasteiger partial charge in [-0.15, -0.1) is 0 Å². The molecular weight excluding hydrogens is 430 g/mol. The average Bonchev–Trinajstić information content (AvgIpc) is 2.65. The monoisotopic (exact) mass is 447 g/mol. The largest absolute Gasteiger partial charge is 0.418 e. The van der Waals surface area contributed by atoms with Gasteiger partial charge in [0.2, 0.25) is 0 Å². The van der Waals surface area contributed by atoms with E-state index in [0.29, 0.717) is 42.8 Å². The number of alkyl halides is 3. The molecule has 0 unspecified atom stereocenters. The number of halogens is 5. The van der Waals surface area contributed by atoms with Crippen LogP contribution in [0.3, 0.4) is 0 Å². The molecule has 1 saturated heterocycles. The molecule has 28 heavy (non-hydrogen) atoms. The van der Waals surface area contributed by atoms with Gasteiger partial charge in [-0.2, -0.15) is 13.2 Å². The second-order valence-electron chi connectivity index (χ2n) is 6.44. The molecule has 1 aliphatic rings. The molecule has 3 rings (SSSR count). The lowest BCUT2D eigenvalue weighted by molar-refractivity contribution is -0.136. The molecule has 0 radical (unpaired) electrons. The van der Waals surface area contributed by atoms with E-state index in [1.807, 2.05) is 4.90 Å². The second-order valence-corrected chi connectivity index (χ2v) is 7.64. The summed E-state index contributed by atoms with van der Waals surface area (Å²) in [5, 5.41) is 4.27. The molecule has 2 aromatic carbocycles. The van der Waals surface area contributed by atoms with E-state index in [1.54, 1.807) is 24.3 Å². The van der Waals surface area contributed by atoms with E-state index >= 15 is 0 Å². The Kier molecular flexibility index (Phi) is 6.70. The number of thiocarbonyl (C=S) groups is 1. The van der Waals surface area contributed by atoms with E-state index in [4.69, 9.17) is 35.4 Å². The molecule has 150 valence electrons. The van der Waals surface area contributed by atoms with Gasteiger partial charge in [0.25, 0.3) is 0 Å². The Morgan fingerprint density at radius 1 is 0.964 bits per heavy atom. The van der Waals surface area contributed by atoms with Crippen molar-refractivity contribution in [2.75, 3.05) is 31.5 Å². The predicted molar refractivity (Wildman–Crippen MR) is 111 cm³/mol. The number of anilines is 1. The molecule has 3 nitrogen and oxygen atoms in total. The first-order valence-corrected chi connectivity index (χ1v) is 9.79. The minimum atomic E-state index is -4.44. The van der Waals surface area contributed by atoms with Crippen molar-refractivity contribution < 1.29 is 13.2 Å². The highest BCUT2D eigenvalue weighted by molar-refractivity contribution is 7.80. The van der Waals surface area contributed by atoms with Crippen molar-refractivity contribution in [3.05, 3.63) is 63.6 Å². The zero-order valence-corrected chi connectivity index (χ0v) is 17.1. The van der Waals surface area contributed by atoms with Gasteiger partial charge in [0.1, 0.15) is 0 Å². The molecule has 0 saturated carbocycles. The van der Waals surface area contributed by atoms with Gasteiger partial charge in [0.05, 0.1) is 11.3 Å². The van der Waals surface area contributed by atoms with Gasteiger partial charge >= 0.3 is 6.18 Å². The third kappa shape index (κ3) is 5.08. The number of benzene rings is 2. The number of hydrogen-bond donors (Lipinski definition) is 1. The quantitative estimate of drug-likeness (QED) is 0.623. The van der Waals surface area contributed by atoms with Crippen LogP contribution in [-0.2, 0) is 12.7 Å². The number of nitrogens with zero attached hydrogens (tertiary/aromatic N) is 2. The molecule has 1 N–H and O–H groups in total. The standard InChI is InChI=1S/C19H18Cl2F3N3S/c20-15-5-3-6-16(21)13(15)12-26-8-10-27(11-9-26)18(28)25-17-7-2-1-4-14(17)19(22,23)24/h1-7H,8-12H2,(H,25,28). The van der Waals surface area contributed by atoms with Crippen LogP contribution in [0.5, 0.6) is 0 Å². The first-order chi connectivity index (χ1) is 13.3. The molecule has 0 aromatic heterocycles. The van der Waals surface area contributed by atoms with Crippen LogP contribution in [0.15, 0.2) is 42.5 Å². The molecule has 0 bridgehead atoms. The Bertz CT molecular complexity index is 832. The van der Waals surface area contributed by atoms with Gasteiger partial charge in [0.15, 0.2) is 5.11 Å². The summed E-state index contributed by atoms with van der Waals surface area (Å²) in [4.78, 5) is 4.06. The fourth-order valence-electron chi connectivity index (χ4n) is 3.05. The summed E-state index contributed by atoms with van der Waals surface area (Å²) in [5.74, 6) is 0. The van der Waals surface area contributed by atoms with Crippen LogP contribution >= 0.6 is 35.4 Å². The molecule has 0 aliphatic carbocycles. The summed E-state index contributed by atoms with van der Waals surface area (Å²) >= 11 is 17.8. The Hall–Kier alpha value is -1.54. The number of hydrogen-bond acceptors (Lipinski definition) is 2. The Balaban J connectivity index is 1.59. The first kappa shape index (κ1) is 21.2. The van der Waals surface area contributed by atoms with Crippen molar-refractivity contribution in [2.24, 2.45) is 0 Å². The van der Waals surface area contributed by atoms with E-state index in [2.05, 4.69) is 10.2 Å². The van der Waals surface area contributed by atoms with Crippen molar-refractivity contribution >= 4 is 46.2 Å². The van der Waals surface area contributed by atoms with E-state index in [9.17, 15) is 13.2 Å². The highest BCUT2D eigenvalue weighted by atomic mass is 35.5. The molecule has 1 fully saturated rings. The van der Waals surface area contributed by atoms with Gasteiger partial charge in [-0.05, 0) is 36.5 Å². The van der Waals surface area contributed by atoms with Gasteiger partial charge < -0.3 is 10.2 Å². The molecule has 0 spiro atoms. The van der Waals surface area contributed by atoms with Crippen LogP contribution in [0.1, 0.15) is 11.1 Å². The Morgan fingerprint density at radius 2 is 1.57 bits per heavy atom. The molecule has 1 aliphatic heterocycles. The van der Waals surface area contributed by atoms with Gasteiger partial charge in [-0.3, -0.25) is 4.90 Å². The molecular formula is C19H18Cl2F3N3S. The first-order valence-electron chi connectivity index (χ1n) is 8.63. The minimum absolute atomic E-state index is 0.0368. The fraction of sp³-hybridized carbons (Fsp3) is 0.316. The normalized spacial score (nSPS) is 15.5. The van der Waals surface area contributed by atoms with E-state index in [1.165, 1.54) is 12.1 Å². The van der Waals surface area contributed by atoms with Crippen LogP contribution in [0.2, 0.25) is 10.0 Å². The summed E-state index contributed by atoms with van der Waals surface area (Å²) < 4.78 is 39.4. The summed E-state index contributed by atoms with van der Waals surface area (Å²) in [6.07, 6.45) is -4.44. The smallest absolute Gasteiger partial charge is 0.346 e. The summed E-state index contributed by atoms with van der Waals surface area (Å²) in [5.41, 5.74) is 0.105. The fourth-order valence-corrected chi connectivity index (χ4v) is 3.86. The second kappa shape index (κ2) is 8.86. The van der Waals surface area contributed by atoms with Crippen LogP contribution in [0, 0.1) is 0 Å². The number of para-hydroxylation sites is 1. The Morgan fingerprint density at radius 3 is 2.18 bits per heavy atom. The maximum absolute atomic E-state index is 13.1. The molecule has 9 heteroatoms. The van der Waals surface area contributed by atoms with Gasteiger partial charge in [0, 0.05) is 48.3 Å². The van der Waals surface area contributed by atoms with Crippen molar-refractivity contribution in [3.8, 4) is 0 Å². The third-order valence-electron chi connectivity index (χ3n) is 4.58. The SMILES string of the molecule is FC(F)(F)c1ccccc1NC(=S)N1CCN(Cc2c(Cl)cccc2Cl)CC1. The summed E-state index contributed by atoms with van der Waals surface area (Å²) in [7, 11) is 0. The van der Waals surface area contributed by atoms with Crippen molar-refractivity contribution in [1.82, 2.24) is 9.80 Å². The molecule has 0 atom stereocenters. The zero-order chi connectivity index (χ0) is 20.3. The van der Waals surface area contributed by atoms with Gasteiger partial charge in [-0.25, -0.2) is 0 Å². The lowest BCUT2D eigenvalue weighted by Crippen LogP contribution is -2.49. The maximum atomic E-state index is 13.1. The summed E-state index contributed by atoms with van der Waals surface area (Å²) in [6, 6.07) is 10.7. The van der Waals surface area contributed by atoms with Gasteiger partial charge in [-0.1, -0.05) is 41.4 Å². The summed E-state index contributed by atoms with van der Waals surface area (Å²) in [6.45, 7) is 3.21.